The zero-order chi connectivity index (χ0) is 9.84. The molecule has 1 N–H and O–H groups in total. The van der Waals surface area contributed by atoms with E-state index in [4.69, 9.17) is 10.1 Å². The summed E-state index contributed by atoms with van der Waals surface area (Å²) in [5, 5.41) is 7.81. The monoisotopic (exact) mass is 199 g/mol. The SMILES string of the molecule is COc1ccc(C(=N)SC)cc1F. The summed E-state index contributed by atoms with van der Waals surface area (Å²) >= 11 is 1.28. The highest BCUT2D eigenvalue weighted by Crippen LogP contribution is 2.19. The Morgan fingerprint density at radius 2 is 2.23 bits per heavy atom. The van der Waals surface area contributed by atoms with E-state index in [-0.39, 0.29) is 5.75 Å². The van der Waals surface area contributed by atoms with Crippen LogP contribution >= 0.6 is 11.8 Å². The van der Waals surface area contributed by atoms with Crippen LogP contribution in [0.25, 0.3) is 0 Å². The number of methoxy groups -OCH3 is 1. The van der Waals surface area contributed by atoms with Crippen LogP contribution in [0.3, 0.4) is 0 Å². The molecule has 1 rings (SSSR count). The number of thioether (sulfide) groups is 1. The van der Waals surface area contributed by atoms with E-state index < -0.39 is 5.82 Å². The van der Waals surface area contributed by atoms with E-state index in [0.717, 1.165) is 0 Å². The van der Waals surface area contributed by atoms with E-state index in [1.807, 2.05) is 0 Å². The van der Waals surface area contributed by atoms with Gasteiger partial charge in [0.15, 0.2) is 11.6 Å². The Hall–Kier alpha value is -1.03. The van der Waals surface area contributed by atoms with E-state index in [1.54, 1.807) is 12.3 Å². The minimum absolute atomic E-state index is 0.206. The van der Waals surface area contributed by atoms with Crippen LogP contribution in [0.2, 0.25) is 0 Å². The van der Waals surface area contributed by atoms with Gasteiger partial charge in [-0.2, -0.15) is 0 Å². The highest BCUT2D eigenvalue weighted by Gasteiger charge is 2.05. The van der Waals surface area contributed by atoms with Crippen molar-refractivity contribution >= 4 is 16.8 Å². The van der Waals surface area contributed by atoms with Crippen LogP contribution in [0.1, 0.15) is 5.56 Å². The van der Waals surface area contributed by atoms with Crippen LogP contribution in [0.5, 0.6) is 5.75 Å². The van der Waals surface area contributed by atoms with Gasteiger partial charge in [0.2, 0.25) is 0 Å². The predicted molar refractivity (Wildman–Crippen MR) is 53.3 cm³/mol. The van der Waals surface area contributed by atoms with Gasteiger partial charge in [-0.15, -0.1) is 11.8 Å². The third-order valence-electron chi connectivity index (χ3n) is 1.62. The zero-order valence-electron chi connectivity index (χ0n) is 7.43. The van der Waals surface area contributed by atoms with E-state index in [0.29, 0.717) is 10.6 Å². The predicted octanol–water partition coefficient (Wildman–Crippen LogP) is 2.52. The van der Waals surface area contributed by atoms with Crippen LogP contribution < -0.4 is 4.74 Å². The molecule has 0 heterocycles. The number of nitrogens with one attached hydrogen (secondary N) is 1. The molecule has 0 unspecified atom stereocenters. The zero-order valence-corrected chi connectivity index (χ0v) is 8.24. The molecule has 0 aliphatic rings. The largest absolute Gasteiger partial charge is 0.494 e. The minimum Gasteiger partial charge on any atom is -0.494 e. The molecule has 13 heavy (non-hydrogen) atoms. The third kappa shape index (κ3) is 2.21. The highest BCUT2D eigenvalue weighted by atomic mass is 32.2. The Balaban J connectivity index is 3.02. The number of hydrogen-bond acceptors (Lipinski definition) is 3. The fraction of sp³-hybridized carbons (Fsp3) is 0.222. The summed E-state index contributed by atoms with van der Waals surface area (Å²) in [6, 6.07) is 4.49. The standard InChI is InChI=1S/C9H10FNOS/c1-12-8-4-3-6(5-7(8)10)9(11)13-2/h3-5,11H,1-2H3. The van der Waals surface area contributed by atoms with E-state index in [1.165, 1.54) is 31.0 Å². The lowest BCUT2D eigenvalue weighted by molar-refractivity contribution is 0.386. The van der Waals surface area contributed by atoms with Crippen LogP contribution in [-0.4, -0.2) is 18.4 Å². The fourth-order valence-electron chi connectivity index (χ4n) is 0.925. The lowest BCUT2D eigenvalue weighted by Crippen LogP contribution is -1.95. The number of ether oxygens (including phenoxy) is 1. The summed E-state index contributed by atoms with van der Waals surface area (Å²) in [4.78, 5) is 0. The van der Waals surface area contributed by atoms with Crippen molar-refractivity contribution in [1.29, 1.82) is 5.41 Å². The lowest BCUT2D eigenvalue weighted by atomic mass is 10.2. The van der Waals surface area contributed by atoms with Gasteiger partial charge in [-0.1, -0.05) is 0 Å². The van der Waals surface area contributed by atoms with Crippen molar-refractivity contribution in [2.75, 3.05) is 13.4 Å². The second-order valence-corrected chi connectivity index (χ2v) is 3.20. The smallest absolute Gasteiger partial charge is 0.165 e. The van der Waals surface area contributed by atoms with Gasteiger partial charge in [0.05, 0.1) is 12.2 Å². The van der Waals surface area contributed by atoms with Crippen molar-refractivity contribution in [3.05, 3.63) is 29.6 Å². The number of halogens is 1. The van der Waals surface area contributed by atoms with Crippen LogP contribution in [0.4, 0.5) is 4.39 Å². The molecule has 0 spiro atoms. The Morgan fingerprint density at radius 1 is 1.54 bits per heavy atom. The fourth-order valence-corrected chi connectivity index (χ4v) is 1.29. The lowest BCUT2D eigenvalue weighted by Gasteiger charge is -2.04. The topological polar surface area (TPSA) is 33.1 Å². The maximum atomic E-state index is 13.1. The van der Waals surface area contributed by atoms with Crippen molar-refractivity contribution in [3.8, 4) is 5.75 Å². The molecular formula is C9H10FNOS. The third-order valence-corrected chi connectivity index (χ3v) is 2.26. The van der Waals surface area contributed by atoms with Gasteiger partial charge in [0.25, 0.3) is 0 Å². The molecule has 0 saturated carbocycles. The summed E-state index contributed by atoms with van der Waals surface area (Å²) in [5.74, 6) is -0.226. The van der Waals surface area contributed by atoms with Crippen molar-refractivity contribution in [2.24, 2.45) is 0 Å². The van der Waals surface area contributed by atoms with Gasteiger partial charge in [-0.05, 0) is 24.5 Å². The maximum absolute atomic E-state index is 13.1. The first-order valence-corrected chi connectivity index (χ1v) is 4.88. The molecule has 2 nitrogen and oxygen atoms in total. The van der Waals surface area contributed by atoms with E-state index in [2.05, 4.69) is 0 Å². The molecule has 0 saturated heterocycles. The molecule has 0 atom stereocenters. The average Bonchev–Trinajstić information content (AvgIpc) is 2.16. The number of rotatable bonds is 2. The normalized spacial score (nSPS) is 9.77. The van der Waals surface area contributed by atoms with Gasteiger partial charge in [-0.25, -0.2) is 4.39 Å². The quantitative estimate of drug-likeness (QED) is 0.586. The van der Waals surface area contributed by atoms with Gasteiger partial charge in [0, 0.05) is 5.56 Å². The molecule has 0 bridgehead atoms. The van der Waals surface area contributed by atoms with Crippen molar-refractivity contribution in [3.63, 3.8) is 0 Å². The van der Waals surface area contributed by atoms with Crippen molar-refractivity contribution in [2.45, 2.75) is 0 Å². The van der Waals surface area contributed by atoms with Crippen molar-refractivity contribution in [1.82, 2.24) is 0 Å². The van der Waals surface area contributed by atoms with E-state index >= 15 is 0 Å². The molecule has 0 aliphatic carbocycles. The molecule has 70 valence electrons. The molecule has 0 fully saturated rings. The Bertz CT molecular complexity index is 327. The highest BCUT2D eigenvalue weighted by molar-refractivity contribution is 8.13. The summed E-state index contributed by atoms with van der Waals surface area (Å²) in [6.45, 7) is 0. The van der Waals surface area contributed by atoms with Gasteiger partial charge >= 0.3 is 0 Å². The second-order valence-electron chi connectivity index (χ2n) is 2.38. The van der Waals surface area contributed by atoms with Gasteiger partial charge in [-0.3, -0.25) is 5.41 Å². The van der Waals surface area contributed by atoms with Gasteiger partial charge < -0.3 is 4.74 Å². The van der Waals surface area contributed by atoms with Crippen LogP contribution in [0.15, 0.2) is 18.2 Å². The summed E-state index contributed by atoms with van der Waals surface area (Å²) in [7, 11) is 1.41. The summed E-state index contributed by atoms with van der Waals surface area (Å²) in [5.41, 5.74) is 0.575. The molecule has 0 aliphatic heterocycles. The Labute approximate surface area is 80.6 Å². The first kappa shape index (κ1) is 10.1. The Kier molecular flexibility index (Phi) is 3.31. The molecule has 0 amide bonds. The molecule has 1 aromatic rings. The van der Waals surface area contributed by atoms with Gasteiger partial charge in [0.1, 0.15) is 0 Å². The maximum Gasteiger partial charge on any atom is 0.165 e. The first-order chi connectivity index (χ1) is 6.19. The number of benzene rings is 1. The first-order valence-electron chi connectivity index (χ1n) is 3.65. The minimum atomic E-state index is -0.432. The molecule has 4 heteroatoms. The molecule has 1 aromatic carbocycles. The van der Waals surface area contributed by atoms with Crippen LogP contribution in [0, 0.1) is 11.2 Å². The Morgan fingerprint density at radius 3 is 2.69 bits per heavy atom. The summed E-state index contributed by atoms with van der Waals surface area (Å²) in [6.07, 6.45) is 1.78. The van der Waals surface area contributed by atoms with E-state index in [9.17, 15) is 4.39 Å². The summed E-state index contributed by atoms with van der Waals surface area (Å²) < 4.78 is 17.9. The van der Waals surface area contributed by atoms with Crippen LogP contribution in [-0.2, 0) is 0 Å². The second kappa shape index (κ2) is 4.28. The molecule has 0 radical (unpaired) electrons. The average molecular weight is 199 g/mol. The molecular weight excluding hydrogens is 189 g/mol. The number of hydrogen-bond donors (Lipinski definition) is 1. The molecule has 0 aromatic heterocycles. The van der Waals surface area contributed by atoms with Crippen molar-refractivity contribution < 1.29 is 9.13 Å².